The molecule has 4 nitrogen and oxygen atoms in total. The summed E-state index contributed by atoms with van der Waals surface area (Å²) in [6.07, 6.45) is 0. The number of hydrogen-bond acceptors (Lipinski definition) is 2. The highest BCUT2D eigenvalue weighted by Crippen LogP contribution is 2.07. The molecule has 2 aromatic carbocycles. The van der Waals surface area contributed by atoms with Crippen molar-refractivity contribution in [1.82, 2.24) is 5.32 Å². The second-order valence-electron chi connectivity index (χ2n) is 5.81. The van der Waals surface area contributed by atoms with Gasteiger partial charge in [-0.1, -0.05) is 55.0 Å². The minimum atomic E-state index is 0. The molecule has 0 bridgehead atoms. The summed E-state index contributed by atoms with van der Waals surface area (Å²) in [7, 11) is 0. The van der Waals surface area contributed by atoms with Gasteiger partial charge in [-0.2, -0.15) is 0 Å². The third-order valence-electron chi connectivity index (χ3n) is 3.51. The number of halogens is 1. The molecule has 0 aliphatic carbocycles. The SMILES string of the molecule is Cc1ccc(CN=C(NCC(C)CO)Nc2ccccc2)cc1.I. The Balaban J connectivity index is 0.00000288. The normalized spacial score (nSPS) is 12.2. The number of benzene rings is 2. The summed E-state index contributed by atoms with van der Waals surface area (Å²) in [6, 6.07) is 18.3. The molecule has 0 aliphatic heterocycles. The lowest BCUT2D eigenvalue weighted by atomic mass is 10.1. The van der Waals surface area contributed by atoms with Crippen LogP contribution in [0, 0.1) is 12.8 Å². The van der Waals surface area contributed by atoms with Crippen LogP contribution in [0.1, 0.15) is 18.1 Å². The summed E-state index contributed by atoms with van der Waals surface area (Å²) in [4.78, 5) is 4.64. The fourth-order valence-corrected chi connectivity index (χ4v) is 2.00. The molecule has 0 saturated carbocycles. The summed E-state index contributed by atoms with van der Waals surface area (Å²) in [6.45, 7) is 5.50. The summed E-state index contributed by atoms with van der Waals surface area (Å²) in [5.41, 5.74) is 3.40. The van der Waals surface area contributed by atoms with E-state index in [1.165, 1.54) is 11.1 Å². The van der Waals surface area contributed by atoms with Crippen molar-refractivity contribution in [1.29, 1.82) is 0 Å². The second-order valence-corrected chi connectivity index (χ2v) is 5.81. The number of hydrogen-bond donors (Lipinski definition) is 3. The van der Waals surface area contributed by atoms with Crippen LogP contribution in [0.3, 0.4) is 0 Å². The molecule has 3 N–H and O–H groups in total. The van der Waals surface area contributed by atoms with Gasteiger partial charge < -0.3 is 15.7 Å². The first-order valence-corrected chi connectivity index (χ1v) is 7.94. The fraction of sp³-hybridized carbons (Fsp3) is 0.316. The van der Waals surface area contributed by atoms with Crippen molar-refractivity contribution >= 4 is 35.6 Å². The number of anilines is 1. The molecule has 1 atom stereocenters. The largest absolute Gasteiger partial charge is 0.396 e. The molecule has 0 spiro atoms. The highest BCUT2D eigenvalue weighted by Gasteiger charge is 2.04. The van der Waals surface area contributed by atoms with Crippen LogP contribution in [-0.2, 0) is 6.54 Å². The number of nitrogens with one attached hydrogen (secondary N) is 2. The van der Waals surface area contributed by atoms with Crippen LogP contribution >= 0.6 is 24.0 Å². The van der Waals surface area contributed by atoms with Crippen LogP contribution < -0.4 is 10.6 Å². The highest BCUT2D eigenvalue weighted by atomic mass is 127. The Labute approximate surface area is 161 Å². The minimum Gasteiger partial charge on any atom is -0.396 e. The van der Waals surface area contributed by atoms with Gasteiger partial charge in [0, 0.05) is 18.8 Å². The van der Waals surface area contributed by atoms with Crippen molar-refractivity contribution in [3.63, 3.8) is 0 Å². The molecule has 1 unspecified atom stereocenters. The summed E-state index contributed by atoms with van der Waals surface area (Å²) in [5, 5.41) is 15.7. The maximum Gasteiger partial charge on any atom is 0.196 e. The average Bonchev–Trinajstić information content (AvgIpc) is 2.59. The average molecular weight is 439 g/mol. The quantitative estimate of drug-likeness (QED) is 0.365. The zero-order chi connectivity index (χ0) is 16.5. The lowest BCUT2D eigenvalue weighted by molar-refractivity contribution is 0.238. The number of aliphatic imine (C=N–C) groups is 1. The van der Waals surface area contributed by atoms with E-state index in [1.807, 2.05) is 37.3 Å². The Morgan fingerprint density at radius 1 is 1.08 bits per heavy atom. The van der Waals surface area contributed by atoms with Crippen LogP contribution in [-0.4, -0.2) is 24.2 Å². The molecule has 2 rings (SSSR count). The smallest absolute Gasteiger partial charge is 0.196 e. The molecule has 2 aromatic rings. The van der Waals surface area contributed by atoms with Crippen molar-refractivity contribution in [3.05, 3.63) is 65.7 Å². The summed E-state index contributed by atoms with van der Waals surface area (Å²) >= 11 is 0. The van der Waals surface area contributed by atoms with Crippen LogP contribution in [0.25, 0.3) is 0 Å². The van der Waals surface area contributed by atoms with E-state index in [2.05, 4.69) is 46.8 Å². The second kappa shape index (κ2) is 11.0. The van der Waals surface area contributed by atoms with Crippen molar-refractivity contribution in [2.45, 2.75) is 20.4 Å². The van der Waals surface area contributed by atoms with E-state index in [9.17, 15) is 5.11 Å². The van der Waals surface area contributed by atoms with Crippen molar-refractivity contribution in [2.24, 2.45) is 10.9 Å². The minimum absolute atomic E-state index is 0. The topological polar surface area (TPSA) is 56.7 Å². The zero-order valence-electron chi connectivity index (χ0n) is 14.2. The first-order chi connectivity index (χ1) is 11.2. The number of guanidine groups is 1. The third kappa shape index (κ3) is 7.31. The Hall–Kier alpha value is -1.60. The van der Waals surface area contributed by atoms with Crippen molar-refractivity contribution in [2.75, 3.05) is 18.5 Å². The Morgan fingerprint density at radius 3 is 2.38 bits per heavy atom. The van der Waals surface area contributed by atoms with Gasteiger partial charge in [-0.15, -0.1) is 24.0 Å². The van der Waals surface area contributed by atoms with Crippen LogP contribution in [0.5, 0.6) is 0 Å². The fourth-order valence-electron chi connectivity index (χ4n) is 2.00. The first kappa shape index (κ1) is 20.4. The van der Waals surface area contributed by atoms with Gasteiger partial charge in [-0.05, 0) is 30.5 Å². The molecule has 0 saturated heterocycles. The van der Waals surface area contributed by atoms with E-state index in [0.717, 1.165) is 11.6 Å². The molecular formula is C19H26IN3O. The highest BCUT2D eigenvalue weighted by molar-refractivity contribution is 14.0. The first-order valence-electron chi connectivity index (χ1n) is 7.94. The Bertz CT molecular complexity index is 614. The molecule has 0 aliphatic rings. The van der Waals surface area contributed by atoms with Crippen molar-refractivity contribution in [3.8, 4) is 0 Å². The monoisotopic (exact) mass is 439 g/mol. The van der Waals surface area contributed by atoms with E-state index in [-0.39, 0.29) is 36.5 Å². The molecule has 0 aromatic heterocycles. The van der Waals surface area contributed by atoms with Gasteiger partial charge in [0.05, 0.1) is 6.54 Å². The number of aliphatic hydroxyl groups excluding tert-OH is 1. The Morgan fingerprint density at radius 2 is 1.75 bits per heavy atom. The van der Waals surface area contributed by atoms with E-state index < -0.39 is 0 Å². The van der Waals surface area contributed by atoms with Crippen LogP contribution in [0.15, 0.2) is 59.6 Å². The molecule has 0 amide bonds. The standard InChI is InChI=1S/C19H25N3O.HI/c1-15-8-10-17(11-9-15)13-21-19(20-12-16(2)14-23)22-18-6-4-3-5-7-18;/h3-11,16,23H,12-14H2,1-2H3,(H2,20,21,22);1H. The number of nitrogens with zero attached hydrogens (tertiary/aromatic N) is 1. The lowest BCUT2D eigenvalue weighted by Crippen LogP contribution is -2.35. The molecule has 130 valence electrons. The molecule has 5 heteroatoms. The number of rotatable bonds is 6. The predicted octanol–water partition coefficient (Wildman–Crippen LogP) is 3.80. The van der Waals surface area contributed by atoms with E-state index >= 15 is 0 Å². The maximum absolute atomic E-state index is 9.17. The van der Waals surface area contributed by atoms with E-state index in [0.29, 0.717) is 13.1 Å². The Kier molecular flexibility index (Phi) is 9.41. The number of para-hydroxylation sites is 1. The van der Waals surface area contributed by atoms with Gasteiger partial charge in [0.25, 0.3) is 0 Å². The predicted molar refractivity (Wildman–Crippen MR) is 112 cm³/mol. The van der Waals surface area contributed by atoms with E-state index in [4.69, 9.17) is 0 Å². The van der Waals surface area contributed by atoms with Gasteiger partial charge in [0.15, 0.2) is 5.96 Å². The summed E-state index contributed by atoms with van der Waals surface area (Å²) < 4.78 is 0. The number of aryl methyl sites for hydroxylation is 1. The van der Waals surface area contributed by atoms with Gasteiger partial charge in [-0.25, -0.2) is 4.99 Å². The van der Waals surface area contributed by atoms with Gasteiger partial charge in [0.2, 0.25) is 0 Å². The van der Waals surface area contributed by atoms with E-state index in [1.54, 1.807) is 0 Å². The van der Waals surface area contributed by atoms with Crippen LogP contribution in [0.2, 0.25) is 0 Å². The number of aliphatic hydroxyl groups is 1. The van der Waals surface area contributed by atoms with Gasteiger partial charge in [0.1, 0.15) is 0 Å². The molecular weight excluding hydrogens is 413 g/mol. The van der Waals surface area contributed by atoms with Gasteiger partial charge in [-0.3, -0.25) is 0 Å². The zero-order valence-corrected chi connectivity index (χ0v) is 16.5. The maximum atomic E-state index is 9.17. The third-order valence-corrected chi connectivity index (χ3v) is 3.51. The molecule has 0 heterocycles. The molecule has 0 radical (unpaired) electrons. The van der Waals surface area contributed by atoms with Crippen molar-refractivity contribution < 1.29 is 5.11 Å². The van der Waals surface area contributed by atoms with Crippen LogP contribution in [0.4, 0.5) is 5.69 Å². The summed E-state index contributed by atoms with van der Waals surface area (Å²) in [5.74, 6) is 0.897. The van der Waals surface area contributed by atoms with Gasteiger partial charge >= 0.3 is 0 Å². The molecule has 0 fully saturated rings. The molecule has 24 heavy (non-hydrogen) atoms. The lowest BCUT2D eigenvalue weighted by Gasteiger charge is -2.15.